The summed E-state index contributed by atoms with van der Waals surface area (Å²) in [7, 11) is 0. The summed E-state index contributed by atoms with van der Waals surface area (Å²) in [6, 6.07) is 10.2. The summed E-state index contributed by atoms with van der Waals surface area (Å²) in [5, 5.41) is 2.97. The zero-order valence-electron chi connectivity index (χ0n) is 13.8. The lowest BCUT2D eigenvalue weighted by molar-refractivity contribution is -0.144. The average molecular weight is 315 g/mol. The van der Waals surface area contributed by atoms with Gasteiger partial charge in [-0.25, -0.2) is 0 Å². The number of piperazine rings is 1. The molecule has 0 aliphatic carbocycles. The first kappa shape index (κ1) is 16.0. The number of carbonyl (C=O) groups excluding carboxylic acids is 2. The van der Waals surface area contributed by atoms with Crippen LogP contribution in [0.5, 0.6) is 0 Å². The molecule has 5 nitrogen and oxygen atoms in total. The van der Waals surface area contributed by atoms with E-state index in [-0.39, 0.29) is 11.8 Å². The van der Waals surface area contributed by atoms with Crippen molar-refractivity contribution in [1.29, 1.82) is 0 Å². The van der Waals surface area contributed by atoms with Gasteiger partial charge < -0.3 is 10.2 Å². The molecule has 0 bridgehead atoms. The van der Waals surface area contributed by atoms with Crippen molar-refractivity contribution >= 4 is 11.8 Å². The van der Waals surface area contributed by atoms with Crippen molar-refractivity contribution in [2.75, 3.05) is 26.2 Å². The monoisotopic (exact) mass is 315 g/mol. The van der Waals surface area contributed by atoms with Crippen LogP contribution >= 0.6 is 0 Å². The van der Waals surface area contributed by atoms with E-state index in [1.807, 2.05) is 30.0 Å². The van der Waals surface area contributed by atoms with Crippen LogP contribution in [0.3, 0.4) is 0 Å². The fourth-order valence-electron chi connectivity index (χ4n) is 3.68. The molecule has 2 fully saturated rings. The zero-order valence-corrected chi connectivity index (χ0v) is 13.8. The Balaban J connectivity index is 1.80. The molecule has 23 heavy (non-hydrogen) atoms. The highest BCUT2D eigenvalue weighted by Gasteiger charge is 2.51. The van der Waals surface area contributed by atoms with Crippen LogP contribution in [0, 0.1) is 0 Å². The highest BCUT2D eigenvalue weighted by Crippen LogP contribution is 2.31. The Morgan fingerprint density at radius 1 is 1.26 bits per heavy atom. The van der Waals surface area contributed by atoms with Gasteiger partial charge in [-0.2, -0.15) is 0 Å². The number of nitrogens with one attached hydrogen (secondary N) is 1. The van der Waals surface area contributed by atoms with Gasteiger partial charge in [-0.1, -0.05) is 37.3 Å². The van der Waals surface area contributed by atoms with Crippen LogP contribution in [0.25, 0.3) is 0 Å². The number of hydrogen-bond donors (Lipinski definition) is 1. The maximum Gasteiger partial charge on any atom is 0.242 e. The molecule has 1 N–H and O–H groups in total. The molecule has 0 saturated carbocycles. The lowest BCUT2D eigenvalue weighted by atomic mass is 9.90. The maximum absolute atomic E-state index is 12.6. The Bertz CT molecular complexity index is 575. The lowest BCUT2D eigenvalue weighted by Gasteiger charge is -2.47. The molecule has 2 aliphatic heterocycles. The molecule has 2 aliphatic rings. The molecule has 2 heterocycles. The Hall–Kier alpha value is -1.88. The molecule has 124 valence electrons. The summed E-state index contributed by atoms with van der Waals surface area (Å²) < 4.78 is 0. The highest BCUT2D eigenvalue weighted by molar-refractivity contribution is 5.90. The Morgan fingerprint density at radius 3 is 2.70 bits per heavy atom. The smallest absolute Gasteiger partial charge is 0.242 e. The van der Waals surface area contributed by atoms with Crippen LogP contribution in [-0.4, -0.2) is 53.3 Å². The molecule has 1 aromatic carbocycles. The van der Waals surface area contributed by atoms with Gasteiger partial charge in [-0.05, 0) is 18.4 Å². The molecule has 3 rings (SSSR count). The third-order valence-electron chi connectivity index (χ3n) is 4.98. The SMILES string of the molecule is CCCC(=O)N1CCN(Cc2ccccc2)C2(CCNC2=O)C1. The first-order valence-corrected chi connectivity index (χ1v) is 8.51. The number of carbonyl (C=O) groups is 2. The van der Waals surface area contributed by atoms with E-state index in [4.69, 9.17) is 0 Å². The largest absolute Gasteiger partial charge is 0.354 e. The number of nitrogens with zero attached hydrogens (tertiary/aromatic N) is 2. The van der Waals surface area contributed by atoms with Crippen LogP contribution in [-0.2, 0) is 16.1 Å². The normalized spacial score (nSPS) is 24.9. The van der Waals surface area contributed by atoms with E-state index >= 15 is 0 Å². The Labute approximate surface area is 137 Å². The molecule has 2 amide bonds. The van der Waals surface area contributed by atoms with Crippen LogP contribution in [0.2, 0.25) is 0 Å². The van der Waals surface area contributed by atoms with Gasteiger partial charge in [0.1, 0.15) is 5.54 Å². The molecule has 2 saturated heterocycles. The Morgan fingerprint density at radius 2 is 2.04 bits per heavy atom. The van der Waals surface area contributed by atoms with Crippen molar-refractivity contribution in [1.82, 2.24) is 15.1 Å². The van der Waals surface area contributed by atoms with Crippen molar-refractivity contribution in [2.24, 2.45) is 0 Å². The molecule has 1 unspecified atom stereocenters. The van der Waals surface area contributed by atoms with Gasteiger partial charge in [0.2, 0.25) is 11.8 Å². The van der Waals surface area contributed by atoms with Crippen molar-refractivity contribution < 1.29 is 9.59 Å². The average Bonchev–Trinajstić information content (AvgIpc) is 2.92. The van der Waals surface area contributed by atoms with Gasteiger partial charge in [0.15, 0.2) is 0 Å². The predicted molar refractivity (Wildman–Crippen MR) is 88.7 cm³/mol. The van der Waals surface area contributed by atoms with Gasteiger partial charge in [0.05, 0.1) is 0 Å². The van der Waals surface area contributed by atoms with Gasteiger partial charge in [-0.15, -0.1) is 0 Å². The second-order valence-corrected chi connectivity index (χ2v) is 6.51. The van der Waals surface area contributed by atoms with E-state index in [1.54, 1.807) is 0 Å². The van der Waals surface area contributed by atoms with E-state index < -0.39 is 5.54 Å². The van der Waals surface area contributed by atoms with E-state index in [9.17, 15) is 9.59 Å². The summed E-state index contributed by atoms with van der Waals surface area (Å²) >= 11 is 0. The topological polar surface area (TPSA) is 52.7 Å². The van der Waals surface area contributed by atoms with Gasteiger partial charge >= 0.3 is 0 Å². The summed E-state index contributed by atoms with van der Waals surface area (Å²) in [6.07, 6.45) is 2.19. The van der Waals surface area contributed by atoms with Crippen molar-refractivity contribution in [3.05, 3.63) is 35.9 Å². The van der Waals surface area contributed by atoms with Crippen LogP contribution in [0.1, 0.15) is 31.7 Å². The van der Waals surface area contributed by atoms with Crippen molar-refractivity contribution in [3.8, 4) is 0 Å². The molecule has 5 heteroatoms. The standard InChI is InChI=1S/C18H25N3O2/c1-2-6-16(22)20-11-12-21(13-15-7-4-3-5-8-15)18(14-20)9-10-19-17(18)23/h3-5,7-8H,2,6,9-14H2,1H3,(H,19,23). The van der Waals surface area contributed by atoms with E-state index in [0.29, 0.717) is 26.1 Å². The van der Waals surface area contributed by atoms with E-state index in [1.165, 1.54) is 5.56 Å². The van der Waals surface area contributed by atoms with Gasteiger partial charge in [0, 0.05) is 39.1 Å². The van der Waals surface area contributed by atoms with E-state index in [2.05, 4.69) is 22.3 Å². The van der Waals surface area contributed by atoms with Gasteiger partial charge in [-0.3, -0.25) is 14.5 Å². The number of hydrogen-bond acceptors (Lipinski definition) is 3. The molecule has 1 aromatic rings. The summed E-state index contributed by atoms with van der Waals surface area (Å²) in [6.45, 7) is 5.44. The molecule has 0 radical (unpaired) electrons. The molecular formula is C18H25N3O2. The fraction of sp³-hybridized carbons (Fsp3) is 0.556. The minimum atomic E-state index is -0.558. The van der Waals surface area contributed by atoms with Crippen LogP contribution in [0.4, 0.5) is 0 Å². The summed E-state index contributed by atoms with van der Waals surface area (Å²) in [5.74, 6) is 0.244. The third kappa shape index (κ3) is 3.11. The first-order valence-electron chi connectivity index (χ1n) is 8.51. The predicted octanol–water partition coefficient (Wildman–Crippen LogP) is 1.39. The second kappa shape index (κ2) is 6.71. The Kier molecular flexibility index (Phi) is 4.66. The molecule has 1 spiro atoms. The number of benzene rings is 1. The van der Waals surface area contributed by atoms with Gasteiger partial charge in [0.25, 0.3) is 0 Å². The number of amides is 2. The maximum atomic E-state index is 12.6. The van der Waals surface area contributed by atoms with Crippen LogP contribution < -0.4 is 5.32 Å². The zero-order chi connectivity index (χ0) is 16.3. The lowest BCUT2D eigenvalue weighted by Crippen LogP contribution is -2.65. The fourth-order valence-corrected chi connectivity index (χ4v) is 3.68. The minimum absolute atomic E-state index is 0.0717. The summed E-state index contributed by atoms with van der Waals surface area (Å²) in [5.41, 5.74) is 0.650. The molecule has 0 aromatic heterocycles. The quantitative estimate of drug-likeness (QED) is 0.913. The van der Waals surface area contributed by atoms with E-state index in [0.717, 1.165) is 25.9 Å². The van der Waals surface area contributed by atoms with Crippen LogP contribution in [0.15, 0.2) is 30.3 Å². The van der Waals surface area contributed by atoms with Crippen molar-refractivity contribution in [3.63, 3.8) is 0 Å². The first-order chi connectivity index (χ1) is 11.2. The summed E-state index contributed by atoms with van der Waals surface area (Å²) in [4.78, 5) is 29.0. The molecular weight excluding hydrogens is 290 g/mol. The minimum Gasteiger partial charge on any atom is -0.354 e. The van der Waals surface area contributed by atoms with Crippen molar-refractivity contribution in [2.45, 2.75) is 38.3 Å². The molecule has 1 atom stereocenters. The third-order valence-corrected chi connectivity index (χ3v) is 4.98. The highest BCUT2D eigenvalue weighted by atomic mass is 16.2. The second-order valence-electron chi connectivity index (χ2n) is 6.51. The number of rotatable bonds is 4.